The largest absolute Gasteiger partial charge is 0.309 e. The van der Waals surface area contributed by atoms with Gasteiger partial charge < -0.3 is 5.32 Å². The van der Waals surface area contributed by atoms with Crippen LogP contribution in [-0.4, -0.2) is 17.5 Å². The van der Waals surface area contributed by atoms with E-state index in [9.17, 15) is 4.39 Å². The number of benzene rings is 1. The van der Waals surface area contributed by atoms with Crippen molar-refractivity contribution in [3.63, 3.8) is 0 Å². The Bertz CT molecular complexity index is 408. The van der Waals surface area contributed by atoms with Gasteiger partial charge in [0, 0.05) is 18.3 Å². The van der Waals surface area contributed by atoms with Crippen LogP contribution in [-0.2, 0) is 6.54 Å². The second-order valence-corrected chi connectivity index (χ2v) is 5.00. The van der Waals surface area contributed by atoms with Crippen LogP contribution < -0.4 is 5.32 Å². The minimum absolute atomic E-state index is 0.281. The Morgan fingerprint density at radius 2 is 2.44 bits per heavy atom. The van der Waals surface area contributed by atoms with Gasteiger partial charge in [-0.25, -0.2) is 4.39 Å². The SMILES string of the molecule is N#Cc1ccc(F)cc1CNC1CCSC1. The molecule has 1 atom stereocenters. The van der Waals surface area contributed by atoms with E-state index in [-0.39, 0.29) is 5.82 Å². The molecule has 0 amide bonds. The Hall–Kier alpha value is -1.05. The van der Waals surface area contributed by atoms with Crippen molar-refractivity contribution >= 4 is 11.8 Å². The number of thioether (sulfide) groups is 1. The third-order valence-electron chi connectivity index (χ3n) is 2.70. The van der Waals surface area contributed by atoms with Gasteiger partial charge in [-0.3, -0.25) is 0 Å². The summed E-state index contributed by atoms with van der Waals surface area (Å²) in [5, 5.41) is 12.3. The van der Waals surface area contributed by atoms with Crippen LogP contribution in [0.25, 0.3) is 0 Å². The van der Waals surface area contributed by atoms with Crippen LogP contribution in [0.3, 0.4) is 0 Å². The molecule has 1 unspecified atom stereocenters. The topological polar surface area (TPSA) is 35.8 Å². The summed E-state index contributed by atoms with van der Waals surface area (Å²) in [6.07, 6.45) is 1.15. The highest BCUT2D eigenvalue weighted by Gasteiger charge is 2.15. The van der Waals surface area contributed by atoms with E-state index < -0.39 is 0 Å². The zero-order valence-electron chi connectivity index (χ0n) is 8.87. The van der Waals surface area contributed by atoms with Crippen molar-refractivity contribution in [2.75, 3.05) is 11.5 Å². The first-order valence-electron chi connectivity index (χ1n) is 5.29. The van der Waals surface area contributed by atoms with Gasteiger partial charge >= 0.3 is 0 Å². The Labute approximate surface area is 98.8 Å². The number of nitriles is 1. The molecule has 0 aliphatic carbocycles. The first-order chi connectivity index (χ1) is 7.79. The maximum absolute atomic E-state index is 13.0. The van der Waals surface area contributed by atoms with E-state index in [1.165, 1.54) is 24.0 Å². The van der Waals surface area contributed by atoms with E-state index >= 15 is 0 Å². The lowest BCUT2D eigenvalue weighted by atomic mass is 10.1. The Morgan fingerprint density at radius 3 is 3.12 bits per heavy atom. The van der Waals surface area contributed by atoms with Crippen molar-refractivity contribution in [3.8, 4) is 6.07 Å². The molecular formula is C12H13FN2S. The highest BCUT2D eigenvalue weighted by Crippen LogP contribution is 2.18. The van der Waals surface area contributed by atoms with Gasteiger partial charge in [0.25, 0.3) is 0 Å². The normalized spacial score (nSPS) is 19.6. The third kappa shape index (κ3) is 2.75. The van der Waals surface area contributed by atoms with E-state index in [0.717, 1.165) is 17.7 Å². The van der Waals surface area contributed by atoms with E-state index in [0.29, 0.717) is 18.2 Å². The van der Waals surface area contributed by atoms with E-state index in [4.69, 9.17) is 5.26 Å². The number of rotatable bonds is 3. The molecule has 4 heteroatoms. The zero-order chi connectivity index (χ0) is 11.4. The summed E-state index contributed by atoms with van der Waals surface area (Å²) in [6.45, 7) is 0.575. The number of nitrogens with one attached hydrogen (secondary N) is 1. The molecule has 0 aromatic heterocycles. The Morgan fingerprint density at radius 1 is 1.56 bits per heavy atom. The van der Waals surface area contributed by atoms with Gasteiger partial charge in [0.05, 0.1) is 11.6 Å². The van der Waals surface area contributed by atoms with E-state index in [2.05, 4.69) is 11.4 Å². The number of halogens is 1. The molecule has 1 saturated heterocycles. The molecule has 1 aliphatic heterocycles. The van der Waals surface area contributed by atoms with Gasteiger partial charge in [0.15, 0.2) is 0 Å². The highest BCUT2D eigenvalue weighted by molar-refractivity contribution is 7.99. The second kappa shape index (κ2) is 5.33. The molecule has 1 N–H and O–H groups in total. The molecule has 2 nitrogen and oxygen atoms in total. The summed E-state index contributed by atoms with van der Waals surface area (Å²) in [5.41, 5.74) is 1.30. The lowest BCUT2D eigenvalue weighted by Gasteiger charge is -2.11. The molecule has 2 rings (SSSR count). The fourth-order valence-corrected chi connectivity index (χ4v) is 2.95. The van der Waals surface area contributed by atoms with Gasteiger partial charge in [0.2, 0.25) is 0 Å². The predicted molar refractivity (Wildman–Crippen MR) is 63.7 cm³/mol. The average molecular weight is 236 g/mol. The number of hydrogen-bond acceptors (Lipinski definition) is 3. The number of nitrogens with zero attached hydrogens (tertiary/aromatic N) is 1. The van der Waals surface area contributed by atoms with E-state index in [1.54, 1.807) is 0 Å². The van der Waals surface area contributed by atoms with Crippen molar-refractivity contribution in [1.82, 2.24) is 5.32 Å². The number of hydrogen-bond donors (Lipinski definition) is 1. The fraction of sp³-hybridized carbons (Fsp3) is 0.417. The summed E-state index contributed by atoms with van der Waals surface area (Å²) in [7, 11) is 0. The standard InChI is InChI=1S/C12H13FN2S/c13-11-2-1-9(6-14)10(5-11)7-15-12-3-4-16-8-12/h1-2,5,12,15H,3-4,7-8H2. The minimum atomic E-state index is -0.281. The summed E-state index contributed by atoms with van der Waals surface area (Å²) in [4.78, 5) is 0. The van der Waals surface area contributed by atoms with Gasteiger partial charge in [0.1, 0.15) is 5.82 Å². The fourth-order valence-electron chi connectivity index (χ4n) is 1.77. The molecule has 1 heterocycles. The van der Waals surface area contributed by atoms with Crippen LogP contribution in [0.4, 0.5) is 4.39 Å². The van der Waals surface area contributed by atoms with Crippen LogP contribution in [0.2, 0.25) is 0 Å². The predicted octanol–water partition coefficient (Wildman–Crippen LogP) is 2.29. The van der Waals surface area contributed by atoms with Crippen molar-refractivity contribution in [2.45, 2.75) is 19.0 Å². The Kier molecular flexibility index (Phi) is 3.81. The molecule has 1 aromatic rings. The first-order valence-corrected chi connectivity index (χ1v) is 6.44. The maximum Gasteiger partial charge on any atom is 0.123 e. The van der Waals surface area contributed by atoms with Gasteiger partial charge in [-0.1, -0.05) is 0 Å². The lowest BCUT2D eigenvalue weighted by molar-refractivity contribution is 0.554. The maximum atomic E-state index is 13.0. The van der Waals surface area contributed by atoms with Gasteiger partial charge in [-0.15, -0.1) is 0 Å². The van der Waals surface area contributed by atoms with Crippen molar-refractivity contribution in [1.29, 1.82) is 5.26 Å². The van der Waals surface area contributed by atoms with E-state index in [1.807, 2.05) is 11.8 Å². The van der Waals surface area contributed by atoms with Crippen LogP contribution in [0, 0.1) is 17.1 Å². The molecule has 1 aromatic carbocycles. The zero-order valence-corrected chi connectivity index (χ0v) is 9.69. The monoisotopic (exact) mass is 236 g/mol. The molecule has 0 bridgehead atoms. The molecular weight excluding hydrogens is 223 g/mol. The van der Waals surface area contributed by atoms with Crippen molar-refractivity contribution < 1.29 is 4.39 Å². The summed E-state index contributed by atoms with van der Waals surface area (Å²) < 4.78 is 13.0. The lowest BCUT2D eigenvalue weighted by Crippen LogP contribution is -2.28. The minimum Gasteiger partial charge on any atom is -0.309 e. The summed E-state index contributed by atoms with van der Waals surface area (Å²) in [6, 6.07) is 6.89. The second-order valence-electron chi connectivity index (χ2n) is 3.85. The van der Waals surface area contributed by atoms with Crippen LogP contribution >= 0.6 is 11.8 Å². The molecule has 16 heavy (non-hydrogen) atoms. The molecule has 1 aliphatic rings. The third-order valence-corrected chi connectivity index (χ3v) is 3.86. The quantitative estimate of drug-likeness (QED) is 0.874. The first kappa shape index (κ1) is 11.4. The highest BCUT2D eigenvalue weighted by atomic mass is 32.2. The van der Waals surface area contributed by atoms with Crippen molar-refractivity contribution in [2.24, 2.45) is 0 Å². The summed E-state index contributed by atoms with van der Waals surface area (Å²) >= 11 is 1.93. The van der Waals surface area contributed by atoms with Crippen LogP contribution in [0.1, 0.15) is 17.5 Å². The Balaban J connectivity index is 2.02. The summed E-state index contributed by atoms with van der Waals surface area (Å²) in [5.74, 6) is 2.01. The van der Waals surface area contributed by atoms with Crippen LogP contribution in [0.15, 0.2) is 18.2 Å². The van der Waals surface area contributed by atoms with Crippen LogP contribution in [0.5, 0.6) is 0 Å². The van der Waals surface area contributed by atoms with Gasteiger partial charge in [-0.05, 0) is 35.9 Å². The molecule has 0 saturated carbocycles. The van der Waals surface area contributed by atoms with Gasteiger partial charge in [-0.2, -0.15) is 17.0 Å². The average Bonchev–Trinajstić information content (AvgIpc) is 2.79. The van der Waals surface area contributed by atoms with Crippen molar-refractivity contribution in [3.05, 3.63) is 35.1 Å². The molecule has 0 spiro atoms. The molecule has 84 valence electrons. The smallest absolute Gasteiger partial charge is 0.123 e. The molecule has 0 radical (unpaired) electrons. The molecule has 1 fully saturated rings.